The van der Waals surface area contributed by atoms with Gasteiger partial charge in [0.2, 0.25) is 0 Å². The molecule has 0 spiro atoms. The van der Waals surface area contributed by atoms with Gasteiger partial charge in [0.1, 0.15) is 9.71 Å². The Morgan fingerprint density at radius 2 is 1.71 bits per heavy atom. The summed E-state index contributed by atoms with van der Waals surface area (Å²) >= 11 is 7.19. The summed E-state index contributed by atoms with van der Waals surface area (Å²) < 4.78 is 7.04. The van der Waals surface area contributed by atoms with Gasteiger partial charge in [-0.3, -0.25) is 9.59 Å². The maximum absolute atomic E-state index is 12.7. The third-order valence-electron chi connectivity index (χ3n) is 5.02. The van der Waals surface area contributed by atoms with Crippen LogP contribution in [0.15, 0.2) is 54.6 Å². The second kappa shape index (κ2) is 7.33. The fourth-order valence-corrected chi connectivity index (χ4v) is 4.66. The van der Waals surface area contributed by atoms with Crippen LogP contribution >= 0.6 is 22.9 Å². The lowest BCUT2D eigenvalue weighted by Crippen LogP contribution is -2.33. The highest BCUT2D eigenvalue weighted by atomic mass is 35.5. The van der Waals surface area contributed by atoms with Crippen molar-refractivity contribution in [3.05, 3.63) is 81.3 Å². The number of hydrogen-bond acceptors (Lipinski definition) is 6. The number of esters is 1. The van der Waals surface area contributed by atoms with Crippen molar-refractivity contribution in [3.63, 3.8) is 0 Å². The van der Waals surface area contributed by atoms with E-state index in [0.29, 0.717) is 21.0 Å². The molecule has 31 heavy (non-hydrogen) atoms. The number of ether oxygens (including phenoxy) is 1. The first-order valence-electron chi connectivity index (χ1n) is 9.31. The summed E-state index contributed by atoms with van der Waals surface area (Å²) in [7, 11) is 0. The summed E-state index contributed by atoms with van der Waals surface area (Å²) in [6.45, 7) is 1.41. The van der Waals surface area contributed by atoms with Gasteiger partial charge in [-0.1, -0.05) is 23.7 Å². The number of hydrogen-bond donors (Lipinski definition) is 0. The van der Waals surface area contributed by atoms with Crippen molar-refractivity contribution in [2.75, 3.05) is 6.73 Å². The van der Waals surface area contributed by atoms with Gasteiger partial charge in [-0.2, -0.15) is 5.10 Å². The fourth-order valence-electron chi connectivity index (χ4n) is 3.46. The molecule has 1 aliphatic heterocycles. The number of nitrogens with zero attached hydrogens (tertiary/aromatic N) is 3. The molecule has 0 bridgehead atoms. The van der Waals surface area contributed by atoms with Crippen LogP contribution < -0.4 is 0 Å². The van der Waals surface area contributed by atoms with E-state index in [1.807, 2.05) is 19.1 Å². The molecule has 0 atom stereocenters. The molecule has 0 fully saturated rings. The number of thiophene rings is 1. The van der Waals surface area contributed by atoms with Crippen LogP contribution in [0, 0.1) is 6.92 Å². The molecular weight excluding hydrogens is 438 g/mol. The summed E-state index contributed by atoms with van der Waals surface area (Å²) in [5.41, 5.74) is 2.20. The van der Waals surface area contributed by atoms with Gasteiger partial charge in [-0.05, 0) is 49.4 Å². The van der Waals surface area contributed by atoms with Gasteiger partial charge in [0, 0.05) is 10.4 Å². The first-order chi connectivity index (χ1) is 14.9. The second-order valence-electron chi connectivity index (χ2n) is 6.95. The van der Waals surface area contributed by atoms with Gasteiger partial charge in [0.25, 0.3) is 11.8 Å². The predicted molar refractivity (Wildman–Crippen MR) is 116 cm³/mol. The minimum atomic E-state index is -0.611. The minimum absolute atomic E-state index is 0.309. The molecule has 0 aliphatic carbocycles. The Bertz CT molecular complexity index is 1340. The molecule has 0 saturated carbocycles. The zero-order valence-corrected chi connectivity index (χ0v) is 17.7. The Hall–Kier alpha value is -3.49. The van der Waals surface area contributed by atoms with E-state index in [1.54, 1.807) is 47.1 Å². The number of fused-ring (bicyclic) bond motifs is 2. The maximum atomic E-state index is 12.7. The summed E-state index contributed by atoms with van der Waals surface area (Å²) in [4.78, 5) is 39.6. The Kier molecular flexibility index (Phi) is 4.60. The second-order valence-corrected chi connectivity index (χ2v) is 8.42. The molecule has 0 unspecified atom stereocenters. The monoisotopic (exact) mass is 451 g/mol. The fraction of sp³-hybridized carbons (Fsp3) is 0.0909. The SMILES string of the molecule is Cc1nn(-c2ccc(Cl)cc2)c2sc(C(=O)OCN3C(=O)c4ccccc4C3=O)cc12. The maximum Gasteiger partial charge on any atom is 0.350 e. The highest BCUT2D eigenvalue weighted by molar-refractivity contribution is 7.20. The highest BCUT2D eigenvalue weighted by Crippen LogP contribution is 2.31. The third-order valence-corrected chi connectivity index (χ3v) is 6.36. The van der Waals surface area contributed by atoms with E-state index >= 15 is 0 Å². The van der Waals surface area contributed by atoms with Crippen molar-refractivity contribution in [2.24, 2.45) is 0 Å². The van der Waals surface area contributed by atoms with Crippen LogP contribution in [0.3, 0.4) is 0 Å². The van der Waals surface area contributed by atoms with Crippen molar-refractivity contribution in [1.82, 2.24) is 14.7 Å². The molecule has 4 aromatic rings. The molecule has 1 aliphatic rings. The molecule has 154 valence electrons. The van der Waals surface area contributed by atoms with Gasteiger partial charge >= 0.3 is 5.97 Å². The Balaban J connectivity index is 1.37. The largest absolute Gasteiger partial charge is 0.439 e. The summed E-state index contributed by atoms with van der Waals surface area (Å²) in [5, 5.41) is 5.98. The molecule has 9 heteroatoms. The van der Waals surface area contributed by atoms with Crippen LogP contribution in [-0.4, -0.2) is 39.2 Å². The molecule has 0 saturated heterocycles. The molecule has 7 nitrogen and oxygen atoms in total. The highest BCUT2D eigenvalue weighted by Gasteiger charge is 2.36. The van der Waals surface area contributed by atoms with Gasteiger partial charge in [0.15, 0.2) is 6.73 Å². The molecule has 2 amide bonds. The molecule has 2 aromatic carbocycles. The van der Waals surface area contributed by atoms with E-state index in [0.717, 1.165) is 26.5 Å². The van der Waals surface area contributed by atoms with E-state index in [2.05, 4.69) is 5.10 Å². The van der Waals surface area contributed by atoms with Gasteiger partial charge in [-0.25, -0.2) is 14.4 Å². The molecule has 0 N–H and O–H groups in total. The Labute approximate surface area is 185 Å². The standard InChI is InChI=1S/C22H14ClN3O4S/c1-12-17-10-18(31-21(17)26(24-12)14-8-6-13(23)7-9-14)22(29)30-11-25-19(27)15-4-2-3-5-16(15)20(25)28/h2-10H,11H2,1H3. The Morgan fingerprint density at radius 3 is 2.35 bits per heavy atom. The molecule has 5 rings (SSSR count). The predicted octanol–water partition coefficient (Wildman–Crippen LogP) is 4.46. The summed E-state index contributed by atoms with van der Waals surface area (Å²) in [5.74, 6) is -1.56. The van der Waals surface area contributed by atoms with Crippen molar-refractivity contribution < 1.29 is 19.1 Å². The molecular formula is C22H14ClN3O4S. The number of halogens is 1. The van der Waals surface area contributed by atoms with Crippen molar-refractivity contribution in [2.45, 2.75) is 6.92 Å². The van der Waals surface area contributed by atoms with E-state index in [-0.39, 0.29) is 0 Å². The molecule has 3 heterocycles. The number of carbonyl (C=O) groups is 3. The average molecular weight is 452 g/mol. The first kappa shape index (κ1) is 19.5. The lowest BCUT2D eigenvalue weighted by Gasteiger charge is -2.13. The van der Waals surface area contributed by atoms with Crippen molar-refractivity contribution in [1.29, 1.82) is 0 Å². The number of carbonyl (C=O) groups excluding carboxylic acids is 3. The summed E-state index contributed by atoms with van der Waals surface area (Å²) in [6, 6.07) is 15.5. The normalized spacial score (nSPS) is 13.2. The van der Waals surface area contributed by atoms with E-state index in [1.165, 1.54) is 11.3 Å². The van der Waals surface area contributed by atoms with Gasteiger partial charge in [-0.15, -0.1) is 11.3 Å². The number of aryl methyl sites for hydroxylation is 1. The van der Waals surface area contributed by atoms with E-state index in [9.17, 15) is 14.4 Å². The third kappa shape index (κ3) is 3.20. The Morgan fingerprint density at radius 1 is 1.06 bits per heavy atom. The summed E-state index contributed by atoms with van der Waals surface area (Å²) in [6.07, 6.45) is 0. The lowest BCUT2D eigenvalue weighted by molar-refractivity contribution is 0.0232. The minimum Gasteiger partial charge on any atom is -0.439 e. The van der Waals surface area contributed by atoms with Crippen molar-refractivity contribution >= 4 is 50.9 Å². The van der Waals surface area contributed by atoms with E-state index < -0.39 is 24.5 Å². The quantitative estimate of drug-likeness (QED) is 0.338. The van der Waals surface area contributed by atoms with Gasteiger partial charge in [0.05, 0.1) is 22.5 Å². The number of aromatic nitrogens is 2. The van der Waals surface area contributed by atoms with Crippen LogP contribution in [0.1, 0.15) is 36.1 Å². The molecule has 2 aromatic heterocycles. The van der Waals surface area contributed by atoms with Crippen LogP contribution in [0.5, 0.6) is 0 Å². The van der Waals surface area contributed by atoms with Crippen LogP contribution in [0.25, 0.3) is 15.9 Å². The topological polar surface area (TPSA) is 81.5 Å². The van der Waals surface area contributed by atoms with Crippen LogP contribution in [0.2, 0.25) is 5.02 Å². The zero-order chi connectivity index (χ0) is 21.7. The number of amides is 2. The number of imide groups is 1. The van der Waals surface area contributed by atoms with Crippen LogP contribution in [0.4, 0.5) is 0 Å². The molecule has 0 radical (unpaired) electrons. The number of benzene rings is 2. The average Bonchev–Trinajstić information content (AvgIpc) is 3.41. The van der Waals surface area contributed by atoms with E-state index in [4.69, 9.17) is 16.3 Å². The lowest BCUT2D eigenvalue weighted by atomic mass is 10.1. The van der Waals surface area contributed by atoms with Crippen molar-refractivity contribution in [3.8, 4) is 5.69 Å². The number of rotatable bonds is 4. The van der Waals surface area contributed by atoms with Gasteiger partial charge < -0.3 is 4.74 Å². The smallest absolute Gasteiger partial charge is 0.350 e. The first-order valence-corrected chi connectivity index (χ1v) is 10.5. The van der Waals surface area contributed by atoms with Crippen LogP contribution in [-0.2, 0) is 4.74 Å². The zero-order valence-electron chi connectivity index (χ0n) is 16.2.